The molecular weight excluding hydrogens is 484 g/mol. The van der Waals surface area contributed by atoms with Gasteiger partial charge in [0, 0.05) is 11.8 Å². The highest BCUT2D eigenvalue weighted by Crippen LogP contribution is 2.59. The fraction of sp³-hybridized carbons (Fsp3) is 0.400. The van der Waals surface area contributed by atoms with Crippen molar-refractivity contribution in [2.24, 2.45) is 11.3 Å². The number of carbonyl (C=O) groups is 1. The van der Waals surface area contributed by atoms with Crippen molar-refractivity contribution >= 4 is 5.97 Å². The van der Waals surface area contributed by atoms with E-state index in [1.165, 1.54) is 27.8 Å². The molecule has 4 nitrogen and oxygen atoms in total. The number of hydrogen-bond donors (Lipinski definition) is 3. The molecule has 1 aliphatic carbocycles. The largest absolute Gasteiger partial charge is 0.481 e. The highest BCUT2D eigenvalue weighted by atomic mass is 16.4. The molecule has 0 saturated heterocycles. The molecule has 3 N–H and O–H groups in total. The average molecular weight is 527 g/mol. The zero-order chi connectivity index (χ0) is 28.2. The molecule has 0 spiro atoms. The summed E-state index contributed by atoms with van der Waals surface area (Å²) in [4.78, 5) is 11.0. The van der Waals surface area contributed by atoms with E-state index in [1.807, 2.05) is 0 Å². The van der Waals surface area contributed by atoms with Crippen molar-refractivity contribution in [2.45, 2.75) is 76.9 Å². The van der Waals surface area contributed by atoms with Gasteiger partial charge in [-0.3, -0.25) is 4.79 Å². The van der Waals surface area contributed by atoms with Gasteiger partial charge in [0.05, 0.1) is 18.6 Å². The van der Waals surface area contributed by atoms with E-state index in [4.69, 9.17) is 5.11 Å². The van der Waals surface area contributed by atoms with Crippen LogP contribution in [-0.4, -0.2) is 33.5 Å². The van der Waals surface area contributed by atoms with Gasteiger partial charge in [-0.1, -0.05) is 116 Å². The van der Waals surface area contributed by atoms with E-state index in [9.17, 15) is 15.0 Å². The molecular formula is C35H42O4. The Hall–Kier alpha value is -3.21. The van der Waals surface area contributed by atoms with Crippen molar-refractivity contribution in [1.29, 1.82) is 0 Å². The summed E-state index contributed by atoms with van der Waals surface area (Å²) >= 11 is 0. The minimum absolute atomic E-state index is 0.00212. The van der Waals surface area contributed by atoms with Crippen LogP contribution in [0.2, 0.25) is 0 Å². The first-order valence-electron chi connectivity index (χ1n) is 14.0. The lowest BCUT2D eigenvalue weighted by Crippen LogP contribution is -2.46. The third-order valence-electron chi connectivity index (χ3n) is 8.45. The van der Waals surface area contributed by atoms with Crippen LogP contribution in [0, 0.1) is 25.2 Å². The normalized spacial score (nSPS) is 21.9. The fourth-order valence-corrected chi connectivity index (χ4v) is 6.97. The third-order valence-corrected chi connectivity index (χ3v) is 8.45. The number of allylic oxidation sites excluding steroid dienone is 1. The second kappa shape index (κ2) is 11.9. The Morgan fingerprint density at radius 3 is 1.97 bits per heavy atom. The molecule has 0 amide bonds. The summed E-state index contributed by atoms with van der Waals surface area (Å²) in [5.74, 6) is -0.759. The monoisotopic (exact) mass is 526 g/mol. The molecule has 0 radical (unpaired) electrons. The van der Waals surface area contributed by atoms with Gasteiger partial charge < -0.3 is 15.3 Å². The molecule has 1 aliphatic rings. The van der Waals surface area contributed by atoms with Crippen molar-refractivity contribution in [2.75, 3.05) is 0 Å². The van der Waals surface area contributed by atoms with Crippen LogP contribution in [0.15, 0.2) is 91.0 Å². The molecule has 0 heterocycles. The number of benzene rings is 3. The quantitative estimate of drug-likeness (QED) is 0.264. The molecule has 4 unspecified atom stereocenters. The lowest BCUT2D eigenvalue weighted by Gasteiger charge is -2.53. The summed E-state index contributed by atoms with van der Waals surface area (Å²) < 4.78 is 0. The van der Waals surface area contributed by atoms with Crippen LogP contribution in [0.25, 0.3) is 0 Å². The van der Waals surface area contributed by atoms with Gasteiger partial charge >= 0.3 is 5.97 Å². The lowest BCUT2D eigenvalue weighted by atomic mass is 9.50. The van der Waals surface area contributed by atoms with E-state index in [-0.39, 0.29) is 35.5 Å². The maximum absolute atomic E-state index is 11.0. The molecule has 4 rings (SSSR count). The van der Waals surface area contributed by atoms with Gasteiger partial charge in [0.2, 0.25) is 0 Å². The predicted octanol–water partition coefficient (Wildman–Crippen LogP) is 6.95. The Morgan fingerprint density at radius 1 is 0.923 bits per heavy atom. The first-order chi connectivity index (χ1) is 18.5. The molecule has 1 fully saturated rings. The topological polar surface area (TPSA) is 77.8 Å². The molecule has 206 valence electrons. The molecule has 4 atom stereocenters. The van der Waals surface area contributed by atoms with Crippen LogP contribution in [-0.2, 0) is 10.2 Å². The Morgan fingerprint density at radius 2 is 1.46 bits per heavy atom. The second-order valence-electron chi connectivity index (χ2n) is 12.2. The highest BCUT2D eigenvalue weighted by molar-refractivity contribution is 5.67. The number of carboxylic acids is 1. The first kappa shape index (κ1) is 28.8. The van der Waals surface area contributed by atoms with Crippen LogP contribution in [0.3, 0.4) is 0 Å². The SMILES string of the molecule is Cc1cc(C)cc(C2CC(c3ccccc3)(c3ccccc3)CC(C)(C)C2/C=C/C(O)CC(O)CC(=O)O)c1. The van der Waals surface area contributed by atoms with Crippen molar-refractivity contribution in [3.8, 4) is 0 Å². The molecule has 0 bridgehead atoms. The lowest BCUT2D eigenvalue weighted by molar-refractivity contribution is -0.139. The summed E-state index contributed by atoms with van der Waals surface area (Å²) in [6.07, 6.45) is 3.38. The van der Waals surface area contributed by atoms with Gasteiger partial charge in [0.1, 0.15) is 0 Å². The summed E-state index contributed by atoms with van der Waals surface area (Å²) in [6, 6.07) is 28.5. The van der Waals surface area contributed by atoms with E-state index in [0.717, 1.165) is 12.8 Å². The highest BCUT2D eigenvalue weighted by Gasteiger charge is 2.51. The van der Waals surface area contributed by atoms with Crippen LogP contribution < -0.4 is 0 Å². The first-order valence-corrected chi connectivity index (χ1v) is 14.0. The number of rotatable bonds is 9. The predicted molar refractivity (Wildman–Crippen MR) is 157 cm³/mol. The van der Waals surface area contributed by atoms with Crippen LogP contribution in [0.1, 0.15) is 73.3 Å². The van der Waals surface area contributed by atoms with Gasteiger partial charge in [-0.2, -0.15) is 0 Å². The van der Waals surface area contributed by atoms with E-state index in [2.05, 4.69) is 113 Å². The minimum atomic E-state index is -1.08. The Bertz CT molecular complexity index is 1220. The van der Waals surface area contributed by atoms with Crippen LogP contribution in [0.5, 0.6) is 0 Å². The summed E-state index contributed by atoms with van der Waals surface area (Å²) in [6.45, 7) is 8.93. The van der Waals surface area contributed by atoms with Gasteiger partial charge in [0.25, 0.3) is 0 Å². The summed E-state index contributed by atoms with van der Waals surface area (Å²) in [5, 5.41) is 29.7. The number of aliphatic carboxylic acids is 1. The molecule has 1 saturated carbocycles. The number of aryl methyl sites for hydroxylation is 2. The van der Waals surface area contributed by atoms with Crippen molar-refractivity contribution < 1.29 is 20.1 Å². The molecule has 4 heteroatoms. The number of hydrogen-bond acceptors (Lipinski definition) is 3. The molecule has 3 aromatic rings. The number of aliphatic hydroxyl groups is 2. The standard InChI is InChI=1S/C35H42O4/c1-24-17-25(2)19-26(18-24)31-22-35(27-11-7-5-8-12-27,28-13-9-6-10-14-28)23-34(3,4)32(31)16-15-29(36)20-30(37)21-33(38)39/h5-19,29-32,36-37H,20-23H2,1-4H3,(H,38,39)/b16-15+. The summed E-state index contributed by atoms with van der Waals surface area (Å²) in [5.41, 5.74) is 6.08. The van der Waals surface area contributed by atoms with Crippen LogP contribution in [0.4, 0.5) is 0 Å². The van der Waals surface area contributed by atoms with Crippen LogP contribution >= 0.6 is 0 Å². The van der Waals surface area contributed by atoms with Gasteiger partial charge in [0.15, 0.2) is 0 Å². The Balaban J connectivity index is 1.80. The second-order valence-corrected chi connectivity index (χ2v) is 12.2. The van der Waals surface area contributed by atoms with Crippen molar-refractivity contribution in [3.63, 3.8) is 0 Å². The zero-order valence-corrected chi connectivity index (χ0v) is 23.5. The fourth-order valence-electron chi connectivity index (χ4n) is 6.97. The smallest absolute Gasteiger partial charge is 0.305 e. The van der Waals surface area contributed by atoms with Crippen molar-refractivity contribution in [1.82, 2.24) is 0 Å². The van der Waals surface area contributed by atoms with Gasteiger partial charge in [-0.25, -0.2) is 0 Å². The minimum Gasteiger partial charge on any atom is -0.481 e. The molecule has 3 aromatic carbocycles. The van der Waals surface area contributed by atoms with Gasteiger partial charge in [-0.15, -0.1) is 0 Å². The summed E-state index contributed by atoms with van der Waals surface area (Å²) in [7, 11) is 0. The van der Waals surface area contributed by atoms with Gasteiger partial charge in [-0.05, 0) is 60.6 Å². The molecule has 0 aromatic heterocycles. The molecule has 0 aliphatic heterocycles. The molecule has 39 heavy (non-hydrogen) atoms. The van der Waals surface area contributed by atoms with Crippen molar-refractivity contribution in [3.05, 3.63) is 119 Å². The Labute approximate surface area is 233 Å². The van der Waals surface area contributed by atoms with E-state index < -0.39 is 18.2 Å². The van der Waals surface area contributed by atoms with E-state index in [0.29, 0.717) is 0 Å². The average Bonchev–Trinajstić information content (AvgIpc) is 2.87. The van der Waals surface area contributed by atoms with E-state index in [1.54, 1.807) is 6.08 Å². The number of carboxylic acid groups (broad SMARTS) is 1. The maximum Gasteiger partial charge on any atom is 0.305 e. The zero-order valence-electron chi connectivity index (χ0n) is 23.5. The van der Waals surface area contributed by atoms with E-state index >= 15 is 0 Å². The maximum atomic E-state index is 11.0. The third kappa shape index (κ3) is 6.69. The Kier molecular flexibility index (Phi) is 8.78. The number of aliphatic hydroxyl groups excluding tert-OH is 2.